The quantitative estimate of drug-likeness (QED) is 0.814. The molecule has 1 N–H and O–H groups in total. The van der Waals surface area contributed by atoms with Crippen LogP contribution in [0.2, 0.25) is 0 Å². The number of amides is 1. The van der Waals surface area contributed by atoms with Crippen molar-refractivity contribution in [1.29, 1.82) is 0 Å². The van der Waals surface area contributed by atoms with Crippen LogP contribution >= 0.6 is 12.2 Å². The number of nitrogens with zero attached hydrogens (tertiary/aromatic N) is 1. The van der Waals surface area contributed by atoms with Crippen molar-refractivity contribution in [3.05, 3.63) is 42.5 Å². The smallest absolute Gasteiger partial charge is 0.267 e. The molecule has 22 heavy (non-hydrogen) atoms. The predicted molar refractivity (Wildman–Crippen MR) is 89.9 cm³/mol. The average Bonchev–Trinajstić information content (AvgIpc) is 3.21. The van der Waals surface area contributed by atoms with Crippen LogP contribution in [0.3, 0.4) is 0 Å². The predicted octanol–water partition coefficient (Wildman–Crippen LogP) is 1.91. The summed E-state index contributed by atoms with van der Waals surface area (Å²) in [6.45, 7) is 0. The minimum absolute atomic E-state index is 0.0743. The maximum Gasteiger partial charge on any atom is 0.295 e. The van der Waals surface area contributed by atoms with Gasteiger partial charge in [0.05, 0.1) is 11.7 Å². The lowest BCUT2D eigenvalue weighted by Crippen LogP contribution is -3.18. The molecule has 1 aliphatic carbocycles. The summed E-state index contributed by atoms with van der Waals surface area (Å²) in [5, 5.41) is 3.05. The van der Waals surface area contributed by atoms with Crippen LogP contribution in [0.15, 0.2) is 42.5 Å². The molecule has 0 spiro atoms. The monoisotopic (exact) mass is 309 g/mol. The maximum atomic E-state index is 13.0. The number of carbonyl (C=O) groups excluding carboxylic acids is 1. The van der Waals surface area contributed by atoms with Crippen molar-refractivity contribution in [2.75, 3.05) is 4.90 Å². The molecule has 1 saturated carbocycles. The fourth-order valence-electron chi connectivity index (χ4n) is 4.75. The fraction of sp³-hybridized carbons (Fsp3) is 0.333. The zero-order valence-electron chi connectivity index (χ0n) is 12.2. The van der Waals surface area contributed by atoms with Crippen LogP contribution in [0, 0.1) is 5.92 Å². The fourth-order valence-corrected chi connectivity index (χ4v) is 5.23. The third-order valence-corrected chi connectivity index (χ3v) is 6.08. The second kappa shape index (κ2) is 4.37. The van der Waals surface area contributed by atoms with Gasteiger partial charge in [-0.25, -0.2) is 4.90 Å². The summed E-state index contributed by atoms with van der Waals surface area (Å²) in [5.74, 6) is 0.744. The third kappa shape index (κ3) is 1.49. The van der Waals surface area contributed by atoms with Gasteiger partial charge in [0, 0.05) is 36.4 Å². The number of rotatable bonds is 1. The Balaban J connectivity index is 1.66. The van der Waals surface area contributed by atoms with Gasteiger partial charge in [-0.2, -0.15) is 0 Å². The Morgan fingerprint density at radius 2 is 1.91 bits per heavy atom. The van der Waals surface area contributed by atoms with Gasteiger partial charge in [-0.15, -0.1) is 0 Å². The molecule has 0 radical (unpaired) electrons. The van der Waals surface area contributed by atoms with Crippen LogP contribution < -0.4 is 9.80 Å². The Morgan fingerprint density at radius 3 is 2.77 bits per heavy atom. The standard InChI is InChI=1S/C18H16N2OS/c21-17-16-12-8-9-13(10-12)19(16)18(22)20(17)15-7-3-5-11-4-1-2-6-14(11)15/h1-7,12-13,16H,8-10H2/p+1/t12?,13?,16-/m1/s1. The number of carbonyl (C=O) groups is 1. The van der Waals surface area contributed by atoms with Crippen molar-refractivity contribution in [1.82, 2.24) is 0 Å². The van der Waals surface area contributed by atoms with Crippen molar-refractivity contribution in [3.8, 4) is 0 Å². The van der Waals surface area contributed by atoms with Crippen molar-refractivity contribution in [2.45, 2.75) is 31.3 Å². The molecule has 2 aliphatic heterocycles. The summed E-state index contributed by atoms with van der Waals surface area (Å²) in [6.07, 6.45) is 3.58. The number of fused-ring (bicyclic) bond motifs is 6. The van der Waals surface area contributed by atoms with Gasteiger partial charge in [0.1, 0.15) is 0 Å². The number of piperidine rings is 1. The molecule has 3 unspecified atom stereocenters. The van der Waals surface area contributed by atoms with Gasteiger partial charge in [-0.3, -0.25) is 9.69 Å². The summed E-state index contributed by atoms with van der Waals surface area (Å²) >= 11 is 5.73. The lowest BCUT2D eigenvalue weighted by atomic mass is 9.99. The summed E-state index contributed by atoms with van der Waals surface area (Å²) in [6, 6.07) is 15.0. The largest absolute Gasteiger partial charge is 0.295 e. The van der Waals surface area contributed by atoms with Crippen LogP contribution in [-0.4, -0.2) is 23.1 Å². The van der Waals surface area contributed by atoms with E-state index in [4.69, 9.17) is 12.2 Å². The number of nitrogens with one attached hydrogen (secondary N) is 1. The number of anilines is 1. The Hall–Kier alpha value is -1.78. The van der Waals surface area contributed by atoms with Crippen molar-refractivity contribution < 1.29 is 9.69 Å². The molecule has 4 atom stereocenters. The van der Waals surface area contributed by atoms with E-state index in [9.17, 15) is 4.79 Å². The first kappa shape index (κ1) is 12.7. The highest BCUT2D eigenvalue weighted by Gasteiger charge is 2.62. The SMILES string of the molecule is O=C1[C@H]2C3CCC(C3)[NH+]2C(=S)N1c1cccc2ccccc12. The number of quaternary nitrogens is 1. The molecule has 4 heteroatoms. The molecular formula is C18H17N2OS+. The van der Waals surface area contributed by atoms with Crippen LogP contribution in [-0.2, 0) is 4.79 Å². The van der Waals surface area contributed by atoms with Gasteiger partial charge in [0.2, 0.25) is 0 Å². The first-order valence-electron chi connectivity index (χ1n) is 7.98. The van der Waals surface area contributed by atoms with Crippen LogP contribution in [0.5, 0.6) is 0 Å². The second-order valence-electron chi connectivity index (χ2n) is 6.68. The first-order valence-corrected chi connectivity index (χ1v) is 8.39. The molecule has 0 aromatic heterocycles. The summed E-state index contributed by atoms with van der Waals surface area (Å²) < 4.78 is 0. The minimum Gasteiger partial charge on any atom is -0.267 e. The van der Waals surface area contributed by atoms with E-state index >= 15 is 0 Å². The highest BCUT2D eigenvalue weighted by atomic mass is 32.1. The Bertz CT molecular complexity index is 784. The van der Waals surface area contributed by atoms with Crippen molar-refractivity contribution in [2.24, 2.45) is 5.92 Å². The first-order chi connectivity index (χ1) is 10.8. The highest BCUT2D eigenvalue weighted by molar-refractivity contribution is 7.80. The normalized spacial score (nSPS) is 33.0. The van der Waals surface area contributed by atoms with Crippen molar-refractivity contribution in [3.63, 3.8) is 0 Å². The number of hydrogen-bond acceptors (Lipinski definition) is 2. The molecule has 5 rings (SSSR count). The molecule has 3 aliphatic rings. The van der Waals surface area contributed by atoms with Gasteiger partial charge in [-0.05, 0) is 17.9 Å². The van der Waals surface area contributed by atoms with Gasteiger partial charge < -0.3 is 0 Å². The van der Waals surface area contributed by atoms with E-state index in [1.807, 2.05) is 29.2 Å². The highest BCUT2D eigenvalue weighted by Crippen LogP contribution is 2.37. The van der Waals surface area contributed by atoms with Crippen molar-refractivity contribution >= 4 is 39.7 Å². The zero-order chi connectivity index (χ0) is 14.8. The zero-order valence-corrected chi connectivity index (χ0v) is 13.0. The second-order valence-corrected chi connectivity index (χ2v) is 7.07. The minimum atomic E-state index is 0.0743. The van der Waals surface area contributed by atoms with E-state index in [0.717, 1.165) is 21.6 Å². The molecule has 1 amide bonds. The van der Waals surface area contributed by atoms with Gasteiger partial charge in [-0.1, -0.05) is 36.4 Å². The molecule has 2 heterocycles. The van der Waals surface area contributed by atoms with Crippen LogP contribution in [0.4, 0.5) is 5.69 Å². The molecule has 3 fully saturated rings. The van der Waals surface area contributed by atoms with E-state index in [1.165, 1.54) is 24.2 Å². The van der Waals surface area contributed by atoms with E-state index in [1.54, 1.807) is 0 Å². The summed E-state index contributed by atoms with van der Waals surface area (Å²) in [7, 11) is 0. The third-order valence-electron chi connectivity index (χ3n) is 5.66. The van der Waals surface area contributed by atoms with Crippen LogP contribution in [0.1, 0.15) is 19.3 Å². The molecule has 110 valence electrons. The topological polar surface area (TPSA) is 24.8 Å². The number of thiocarbonyl (C=S) groups is 1. The Labute approximate surface area is 134 Å². The Morgan fingerprint density at radius 1 is 1.09 bits per heavy atom. The number of hydrogen-bond donors (Lipinski definition) is 1. The van der Waals surface area contributed by atoms with E-state index in [0.29, 0.717) is 12.0 Å². The van der Waals surface area contributed by atoms with E-state index < -0.39 is 0 Å². The molecule has 2 aromatic carbocycles. The summed E-state index contributed by atoms with van der Waals surface area (Å²) in [5.41, 5.74) is 0.953. The molecule has 2 saturated heterocycles. The molecular weight excluding hydrogens is 292 g/mol. The molecule has 3 nitrogen and oxygen atoms in total. The Kier molecular flexibility index (Phi) is 2.53. The molecule has 2 bridgehead atoms. The van der Waals surface area contributed by atoms with Gasteiger partial charge in [0.25, 0.3) is 11.0 Å². The van der Waals surface area contributed by atoms with Gasteiger partial charge >= 0.3 is 0 Å². The van der Waals surface area contributed by atoms with E-state index in [-0.39, 0.29) is 11.9 Å². The maximum absolute atomic E-state index is 13.0. The summed E-state index contributed by atoms with van der Waals surface area (Å²) in [4.78, 5) is 16.1. The van der Waals surface area contributed by atoms with Gasteiger partial charge in [0.15, 0.2) is 6.04 Å². The molecule has 2 aromatic rings. The van der Waals surface area contributed by atoms with E-state index in [2.05, 4.69) is 18.2 Å². The lowest BCUT2D eigenvalue weighted by molar-refractivity contribution is -0.835. The van der Waals surface area contributed by atoms with Crippen LogP contribution in [0.25, 0.3) is 10.8 Å². The average molecular weight is 309 g/mol. The lowest BCUT2D eigenvalue weighted by Gasteiger charge is -2.22. The number of benzene rings is 2.